The Morgan fingerprint density at radius 1 is 0.741 bits per heavy atom. The Labute approximate surface area is 328 Å². The lowest BCUT2D eigenvalue weighted by Crippen LogP contribution is -2.30. The molecule has 12 heteroatoms. The number of hydrogen-bond donors (Lipinski definition) is 1. The maximum absolute atomic E-state index is 14.7. The highest BCUT2D eigenvalue weighted by atomic mass is 35.5. The molecule has 0 radical (unpaired) electrons. The number of nitrogens with zero attached hydrogens (tertiary/aromatic N) is 1. The molecule has 0 atom stereocenters. The minimum Gasteiger partial charge on any atom is -0.505 e. The van der Waals surface area contributed by atoms with E-state index >= 15 is 0 Å². The van der Waals surface area contributed by atoms with Gasteiger partial charge in [-0.3, -0.25) is 4.79 Å². The fraction of sp³-hybridized carbons (Fsp3) is 0.119. The SMILES string of the molecule is COc1c(Cl)cc(CN(Cc2ccc(Oc3ccc(F)cc3)cc2)S(=O)(=O)c2cc(C(=O)CCc3ccccc3)cc(Cl)c2O)cc1-c1ccc(Cl)cc1. The smallest absolute Gasteiger partial charge is 0.247 e. The Morgan fingerprint density at radius 3 is 2.02 bits per heavy atom. The molecule has 6 rings (SSSR count). The lowest BCUT2D eigenvalue weighted by atomic mass is 10.0. The molecule has 6 aromatic carbocycles. The summed E-state index contributed by atoms with van der Waals surface area (Å²) in [6.45, 7) is -0.369. The molecule has 54 heavy (non-hydrogen) atoms. The maximum Gasteiger partial charge on any atom is 0.247 e. The van der Waals surface area contributed by atoms with Gasteiger partial charge in [0.2, 0.25) is 10.0 Å². The van der Waals surface area contributed by atoms with Crippen molar-refractivity contribution in [3.63, 3.8) is 0 Å². The van der Waals surface area contributed by atoms with Crippen molar-refractivity contribution in [3.8, 4) is 34.1 Å². The van der Waals surface area contributed by atoms with E-state index in [4.69, 9.17) is 44.3 Å². The Bertz CT molecular complexity index is 2380. The maximum atomic E-state index is 14.7. The molecule has 0 saturated heterocycles. The average Bonchev–Trinajstić information content (AvgIpc) is 3.16. The number of carbonyl (C=O) groups is 1. The summed E-state index contributed by atoms with van der Waals surface area (Å²) in [6.07, 6.45) is 0.528. The molecule has 0 spiro atoms. The molecule has 0 heterocycles. The third-order valence-corrected chi connectivity index (χ3v) is 11.2. The zero-order valence-electron chi connectivity index (χ0n) is 28.8. The number of aryl methyl sites for hydroxylation is 1. The minimum absolute atomic E-state index is 0.0482. The third-order valence-electron chi connectivity index (χ3n) is 8.61. The van der Waals surface area contributed by atoms with E-state index in [9.17, 15) is 22.7 Å². The van der Waals surface area contributed by atoms with Crippen molar-refractivity contribution in [2.75, 3.05) is 7.11 Å². The molecule has 0 fully saturated rings. The largest absolute Gasteiger partial charge is 0.505 e. The summed E-state index contributed by atoms with van der Waals surface area (Å²) in [5, 5.41) is 11.6. The van der Waals surface area contributed by atoms with Crippen LogP contribution in [0.5, 0.6) is 23.0 Å². The van der Waals surface area contributed by atoms with Crippen LogP contribution in [0.2, 0.25) is 15.1 Å². The first-order valence-electron chi connectivity index (χ1n) is 16.7. The van der Waals surface area contributed by atoms with Gasteiger partial charge in [-0.25, -0.2) is 12.8 Å². The molecule has 0 aliphatic heterocycles. The third kappa shape index (κ3) is 9.24. The van der Waals surface area contributed by atoms with E-state index in [2.05, 4.69) is 0 Å². The van der Waals surface area contributed by atoms with Crippen LogP contribution in [0, 0.1) is 5.82 Å². The molecule has 0 bridgehead atoms. The highest BCUT2D eigenvalue weighted by Crippen LogP contribution is 2.40. The molecule has 0 amide bonds. The van der Waals surface area contributed by atoms with E-state index in [1.54, 1.807) is 60.7 Å². The standard InChI is InChI=1S/C42H33Cl3FNO6S/c1-52-42-36(30-10-12-32(43)13-11-30)21-29(22-38(42)45)26-47(25-28-7-16-34(17-8-28)53-35-18-14-33(46)15-19-35)54(50,51)40-24-31(23-37(44)41(40)49)39(48)20-9-27-5-3-2-4-6-27/h2-8,10-19,21-24,49H,9,20,25-26H2,1H3. The lowest BCUT2D eigenvalue weighted by molar-refractivity contribution is 0.0982. The van der Waals surface area contributed by atoms with E-state index in [-0.39, 0.29) is 40.9 Å². The number of methoxy groups -OCH3 is 1. The molecule has 0 aromatic heterocycles. The molecular formula is C42H33Cl3FNO6S. The van der Waals surface area contributed by atoms with Crippen molar-refractivity contribution in [2.45, 2.75) is 30.8 Å². The summed E-state index contributed by atoms with van der Waals surface area (Å²) in [4.78, 5) is 12.8. The topological polar surface area (TPSA) is 93.1 Å². The normalized spacial score (nSPS) is 11.4. The van der Waals surface area contributed by atoms with E-state index in [1.165, 1.54) is 37.4 Å². The van der Waals surface area contributed by atoms with Gasteiger partial charge in [0.15, 0.2) is 11.5 Å². The number of sulfonamides is 1. The van der Waals surface area contributed by atoms with Gasteiger partial charge in [0.1, 0.15) is 28.0 Å². The van der Waals surface area contributed by atoms with Gasteiger partial charge >= 0.3 is 0 Å². The van der Waals surface area contributed by atoms with Gasteiger partial charge in [-0.15, -0.1) is 0 Å². The Kier molecular flexibility index (Phi) is 12.3. The zero-order chi connectivity index (χ0) is 38.4. The molecule has 0 aliphatic carbocycles. The van der Waals surface area contributed by atoms with Crippen LogP contribution >= 0.6 is 34.8 Å². The van der Waals surface area contributed by atoms with Gasteiger partial charge in [-0.05, 0) is 101 Å². The zero-order valence-corrected chi connectivity index (χ0v) is 31.9. The summed E-state index contributed by atoms with van der Waals surface area (Å²) in [7, 11) is -3.07. The number of phenolic OH excluding ortho intramolecular Hbond substituents is 1. The van der Waals surface area contributed by atoms with Crippen molar-refractivity contribution in [1.29, 1.82) is 0 Å². The Morgan fingerprint density at radius 2 is 1.37 bits per heavy atom. The van der Waals surface area contributed by atoms with Gasteiger partial charge in [-0.1, -0.05) is 89.4 Å². The monoisotopic (exact) mass is 803 g/mol. The summed E-state index contributed by atoms with van der Waals surface area (Å²) >= 11 is 19.2. The van der Waals surface area contributed by atoms with Gasteiger partial charge in [0.05, 0.1) is 17.2 Å². The molecule has 1 N–H and O–H groups in total. The van der Waals surface area contributed by atoms with Gasteiger partial charge in [0.25, 0.3) is 0 Å². The van der Waals surface area contributed by atoms with Crippen LogP contribution in [0.3, 0.4) is 0 Å². The minimum atomic E-state index is -4.56. The van der Waals surface area contributed by atoms with Crippen molar-refractivity contribution in [2.24, 2.45) is 0 Å². The highest BCUT2D eigenvalue weighted by Gasteiger charge is 2.31. The quantitative estimate of drug-likeness (QED) is 0.110. The number of hydrogen-bond acceptors (Lipinski definition) is 6. The molecule has 0 unspecified atom stereocenters. The fourth-order valence-electron chi connectivity index (χ4n) is 5.84. The van der Waals surface area contributed by atoms with Crippen LogP contribution in [0.15, 0.2) is 132 Å². The molecule has 7 nitrogen and oxygen atoms in total. The number of Topliss-reactive ketones (excluding diaryl/α,β-unsaturated/α-hetero) is 1. The number of ether oxygens (including phenoxy) is 2. The Hall–Kier alpha value is -4.90. The van der Waals surface area contributed by atoms with Crippen LogP contribution in [-0.4, -0.2) is 30.7 Å². The number of halogens is 4. The number of phenols is 1. The lowest BCUT2D eigenvalue weighted by Gasteiger charge is -2.24. The molecule has 6 aromatic rings. The van der Waals surface area contributed by atoms with E-state index < -0.39 is 26.5 Å². The second kappa shape index (κ2) is 17.1. The second-order valence-electron chi connectivity index (χ2n) is 12.4. The van der Waals surface area contributed by atoms with Crippen LogP contribution in [0.4, 0.5) is 4.39 Å². The van der Waals surface area contributed by atoms with Crippen molar-refractivity contribution < 1.29 is 32.2 Å². The van der Waals surface area contributed by atoms with Crippen molar-refractivity contribution >= 4 is 50.6 Å². The number of aromatic hydroxyl groups is 1. The predicted molar refractivity (Wildman–Crippen MR) is 210 cm³/mol. The fourth-order valence-corrected chi connectivity index (χ4v) is 8.11. The first-order valence-corrected chi connectivity index (χ1v) is 19.2. The highest BCUT2D eigenvalue weighted by molar-refractivity contribution is 7.89. The summed E-state index contributed by atoms with van der Waals surface area (Å²) in [5.74, 6) is -0.159. The molecule has 276 valence electrons. The van der Waals surface area contributed by atoms with Gasteiger partial charge < -0.3 is 14.6 Å². The van der Waals surface area contributed by atoms with Crippen molar-refractivity contribution in [1.82, 2.24) is 4.31 Å². The number of rotatable bonds is 14. The second-order valence-corrected chi connectivity index (χ2v) is 15.5. The number of benzene rings is 6. The van der Waals surface area contributed by atoms with E-state index in [1.807, 2.05) is 30.3 Å². The number of ketones is 1. The van der Waals surface area contributed by atoms with Gasteiger partial charge in [0, 0.05) is 35.7 Å². The molecular weight excluding hydrogens is 772 g/mol. The number of carbonyl (C=O) groups excluding carboxylic acids is 1. The Balaban J connectivity index is 1.37. The first-order chi connectivity index (χ1) is 25.9. The van der Waals surface area contributed by atoms with Crippen LogP contribution in [-0.2, 0) is 29.5 Å². The molecule has 0 aliphatic rings. The van der Waals surface area contributed by atoms with Crippen LogP contribution in [0.1, 0.15) is 33.5 Å². The summed E-state index contributed by atoms with van der Waals surface area (Å²) in [6, 6.07) is 34.5. The summed E-state index contributed by atoms with van der Waals surface area (Å²) < 4.78 is 55.3. The molecule has 0 saturated carbocycles. The van der Waals surface area contributed by atoms with Crippen molar-refractivity contribution in [3.05, 3.63) is 171 Å². The van der Waals surface area contributed by atoms with Crippen LogP contribution < -0.4 is 9.47 Å². The average molecular weight is 805 g/mol. The van der Waals surface area contributed by atoms with Crippen LogP contribution in [0.25, 0.3) is 11.1 Å². The van der Waals surface area contributed by atoms with E-state index in [0.717, 1.165) is 21.5 Å². The van der Waals surface area contributed by atoms with E-state index in [0.29, 0.717) is 45.4 Å². The predicted octanol–water partition coefficient (Wildman–Crippen LogP) is 11.2. The first kappa shape index (κ1) is 38.8. The summed E-state index contributed by atoms with van der Waals surface area (Å²) in [5.41, 5.74) is 3.41. The van der Waals surface area contributed by atoms with Gasteiger partial charge in [-0.2, -0.15) is 4.31 Å².